The topological polar surface area (TPSA) is 95.1 Å². The Bertz CT molecular complexity index is 702. The number of aryl methyl sites for hydroxylation is 1. The molecule has 4 heterocycles. The van der Waals surface area contributed by atoms with Gasteiger partial charge >= 0.3 is 0 Å². The molecule has 0 saturated carbocycles. The Labute approximate surface area is 133 Å². The zero-order chi connectivity index (χ0) is 15.6. The average molecular weight is 317 g/mol. The van der Waals surface area contributed by atoms with E-state index < -0.39 is 0 Å². The van der Waals surface area contributed by atoms with Crippen LogP contribution in [0.5, 0.6) is 0 Å². The van der Waals surface area contributed by atoms with Gasteiger partial charge in [0.2, 0.25) is 0 Å². The zero-order valence-electron chi connectivity index (χ0n) is 12.8. The highest BCUT2D eigenvalue weighted by atomic mass is 16.5. The van der Waals surface area contributed by atoms with E-state index in [0.29, 0.717) is 17.3 Å². The molecule has 4 rings (SSSR count). The number of nitrogens with one attached hydrogen (secondary N) is 1. The Morgan fingerprint density at radius 1 is 1.39 bits per heavy atom. The molecular weight excluding hydrogens is 298 g/mol. The zero-order valence-corrected chi connectivity index (χ0v) is 12.8. The van der Waals surface area contributed by atoms with Crippen molar-refractivity contribution in [3.8, 4) is 0 Å². The van der Waals surface area contributed by atoms with Crippen LogP contribution < -0.4 is 5.32 Å². The van der Waals surface area contributed by atoms with E-state index >= 15 is 0 Å². The van der Waals surface area contributed by atoms with Crippen molar-refractivity contribution in [2.24, 2.45) is 0 Å². The molecule has 0 bridgehead atoms. The lowest BCUT2D eigenvalue weighted by atomic mass is 10.1. The average Bonchev–Trinajstić information content (AvgIpc) is 3.31. The Morgan fingerprint density at radius 3 is 3.22 bits per heavy atom. The summed E-state index contributed by atoms with van der Waals surface area (Å²) in [6.07, 6.45) is 6.56. The molecule has 1 unspecified atom stereocenters. The molecular formula is C15H19N5O3. The normalized spacial score (nSPS) is 20.4. The van der Waals surface area contributed by atoms with E-state index in [4.69, 9.17) is 9.26 Å². The van der Waals surface area contributed by atoms with Gasteiger partial charge in [0.1, 0.15) is 6.10 Å². The molecule has 122 valence electrons. The number of amides is 1. The molecule has 1 saturated heterocycles. The fourth-order valence-electron chi connectivity index (χ4n) is 3.11. The number of hydrogen-bond donors (Lipinski definition) is 1. The first kappa shape index (κ1) is 14.4. The van der Waals surface area contributed by atoms with Gasteiger partial charge in [-0.1, -0.05) is 5.16 Å². The molecule has 1 amide bonds. The van der Waals surface area contributed by atoms with Crippen molar-refractivity contribution in [3.63, 3.8) is 0 Å². The lowest BCUT2D eigenvalue weighted by Crippen LogP contribution is -2.25. The summed E-state index contributed by atoms with van der Waals surface area (Å²) < 4.78 is 12.6. The Balaban J connectivity index is 1.39. The summed E-state index contributed by atoms with van der Waals surface area (Å²) in [6, 6.07) is 0. The van der Waals surface area contributed by atoms with Crippen molar-refractivity contribution in [1.29, 1.82) is 0 Å². The number of nitrogens with zero attached hydrogens (tertiary/aromatic N) is 4. The van der Waals surface area contributed by atoms with Gasteiger partial charge < -0.3 is 14.6 Å². The standard InChI is InChI=1S/C15H19N5O3/c21-14(10-8-17-20-6-2-1-4-11(10)20)16-9-13-18-15(23-19-13)12-5-3-7-22-12/h8,12H,1-7,9H2,(H,16,21). The van der Waals surface area contributed by atoms with Crippen molar-refractivity contribution < 1.29 is 14.1 Å². The molecule has 0 radical (unpaired) electrons. The van der Waals surface area contributed by atoms with Crippen LogP contribution in [0.1, 0.15) is 59.6 Å². The molecule has 1 N–H and O–H groups in total. The van der Waals surface area contributed by atoms with Gasteiger partial charge in [0.15, 0.2) is 5.82 Å². The highest BCUT2D eigenvalue weighted by molar-refractivity contribution is 5.95. The Morgan fingerprint density at radius 2 is 2.35 bits per heavy atom. The van der Waals surface area contributed by atoms with E-state index in [9.17, 15) is 4.79 Å². The van der Waals surface area contributed by atoms with Crippen LogP contribution in [0.4, 0.5) is 0 Å². The predicted molar refractivity (Wildman–Crippen MR) is 78.6 cm³/mol. The first-order chi connectivity index (χ1) is 11.3. The highest BCUT2D eigenvalue weighted by Crippen LogP contribution is 2.26. The molecule has 8 nitrogen and oxygen atoms in total. The van der Waals surface area contributed by atoms with E-state index in [-0.39, 0.29) is 18.6 Å². The molecule has 23 heavy (non-hydrogen) atoms. The van der Waals surface area contributed by atoms with Crippen molar-refractivity contribution in [1.82, 2.24) is 25.2 Å². The van der Waals surface area contributed by atoms with Gasteiger partial charge in [-0.2, -0.15) is 10.1 Å². The van der Waals surface area contributed by atoms with Crippen molar-refractivity contribution in [2.75, 3.05) is 6.61 Å². The summed E-state index contributed by atoms with van der Waals surface area (Å²) in [4.78, 5) is 16.6. The molecule has 2 aliphatic rings. The minimum absolute atomic E-state index is 0.102. The fourth-order valence-corrected chi connectivity index (χ4v) is 3.11. The van der Waals surface area contributed by atoms with E-state index in [1.165, 1.54) is 0 Å². The molecule has 1 atom stereocenters. The van der Waals surface area contributed by atoms with E-state index in [1.54, 1.807) is 6.20 Å². The maximum atomic E-state index is 12.3. The van der Waals surface area contributed by atoms with Gasteiger partial charge in [-0.15, -0.1) is 0 Å². The third-order valence-electron chi connectivity index (χ3n) is 4.32. The smallest absolute Gasteiger partial charge is 0.255 e. The number of ether oxygens (including phenoxy) is 1. The monoisotopic (exact) mass is 317 g/mol. The van der Waals surface area contributed by atoms with Crippen LogP contribution in [0.25, 0.3) is 0 Å². The second kappa shape index (κ2) is 6.11. The van der Waals surface area contributed by atoms with Crippen LogP contribution in [-0.2, 0) is 24.2 Å². The maximum absolute atomic E-state index is 12.3. The quantitative estimate of drug-likeness (QED) is 0.915. The van der Waals surface area contributed by atoms with Crippen LogP contribution in [0.3, 0.4) is 0 Å². The molecule has 0 spiro atoms. The molecule has 2 aromatic heterocycles. The minimum Gasteiger partial charge on any atom is -0.368 e. The second-order valence-corrected chi connectivity index (χ2v) is 5.92. The number of carbonyl (C=O) groups is 1. The number of hydrogen-bond acceptors (Lipinski definition) is 6. The van der Waals surface area contributed by atoms with Crippen molar-refractivity contribution in [3.05, 3.63) is 29.2 Å². The van der Waals surface area contributed by atoms with Crippen LogP contribution in [0.15, 0.2) is 10.7 Å². The number of aromatic nitrogens is 4. The van der Waals surface area contributed by atoms with Crippen LogP contribution in [-0.4, -0.2) is 32.4 Å². The van der Waals surface area contributed by atoms with Gasteiger partial charge in [0, 0.05) is 13.2 Å². The second-order valence-electron chi connectivity index (χ2n) is 5.92. The van der Waals surface area contributed by atoms with E-state index in [0.717, 1.165) is 50.9 Å². The third kappa shape index (κ3) is 2.86. The van der Waals surface area contributed by atoms with E-state index in [1.807, 2.05) is 4.68 Å². The van der Waals surface area contributed by atoms with Gasteiger partial charge in [-0.3, -0.25) is 9.48 Å². The SMILES string of the molecule is O=C(NCc1noc(C2CCCO2)n1)c1cnn2c1CCCC2. The first-order valence-electron chi connectivity index (χ1n) is 8.08. The summed E-state index contributed by atoms with van der Waals surface area (Å²) in [5.41, 5.74) is 1.66. The molecule has 1 fully saturated rings. The summed E-state index contributed by atoms with van der Waals surface area (Å²) in [5.74, 6) is 0.816. The molecule has 2 aromatic rings. The summed E-state index contributed by atoms with van der Waals surface area (Å²) in [5, 5.41) is 11.0. The van der Waals surface area contributed by atoms with Gasteiger partial charge in [0.25, 0.3) is 11.8 Å². The largest absolute Gasteiger partial charge is 0.368 e. The first-order valence-corrected chi connectivity index (χ1v) is 8.08. The van der Waals surface area contributed by atoms with Gasteiger partial charge in [0.05, 0.1) is 24.0 Å². The van der Waals surface area contributed by atoms with Crippen molar-refractivity contribution in [2.45, 2.75) is 51.3 Å². The maximum Gasteiger partial charge on any atom is 0.255 e. The molecule has 2 aliphatic heterocycles. The number of carbonyl (C=O) groups excluding carboxylic acids is 1. The summed E-state index contributed by atoms with van der Waals surface area (Å²) >= 11 is 0. The Kier molecular flexibility index (Phi) is 3.82. The molecule has 0 aromatic carbocycles. The lowest BCUT2D eigenvalue weighted by molar-refractivity contribution is 0.0835. The van der Waals surface area contributed by atoms with Gasteiger partial charge in [-0.25, -0.2) is 0 Å². The predicted octanol–water partition coefficient (Wildman–Crippen LogP) is 1.38. The fraction of sp³-hybridized carbons (Fsp3) is 0.600. The van der Waals surface area contributed by atoms with Crippen molar-refractivity contribution >= 4 is 5.91 Å². The third-order valence-corrected chi connectivity index (χ3v) is 4.32. The lowest BCUT2D eigenvalue weighted by Gasteiger charge is -2.14. The summed E-state index contributed by atoms with van der Waals surface area (Å²) in [6.45, 7) is 1.85. The highest BCUT2D eigenvalue weighted by Gasteiger charge is 2.24. The number of rotatable bonds is 4. The minimum atomic E-state index is -0.142. The summed E-state index contributed by atoms with van der Waals surface area (Å²) in [7, 11) is 0. The number of fused-ring (bicyclic) bond motifs is 1. The van der Waals surface area contributed by atoms with Crippen LogP contribution in [0.2, 0.25) is 0 Å². The molecule has 8 heteroatoms. The Hall–Kier alpha value is -2.22. The molecule has 0 aliphatic carbocycles. The van der Waals surface area contributed by atoms with Crippen LogP contribution >= 0.6 is 0 Å². The van der Waals surface area contributed by atoms with E-state index in [2.05, 4.69) is 20.6 Å². The van der Waals surface area contributed by atoms with Gasteiger partial charge in [-0.05, 0) is 32.1 Å². The van der Waals surface area contributed by atoms with Crippen LogP contribution in [0, 0.1) is 0 Å².